The summed E-state index contributed by atoms with van der Waals surface area (Å²) in [5.74, 6) is -0.804. The highest BCUT2D eigenvalue weighted by Crippen LogP contribution is 2.23. The Morgan fingerprint density at radius 2 is 2.00 bits per heavy atom. The normalized spacial score (nSPS) is 16.0. The minimum absolute atomic E-state index is 0.167. The second-order valence-corrected chi connectivity index (χ2v) is 5.19. The second kappa shape index (κ2) is 6.13. The van der Waals surface area contributed by atoms with Gasteiger partial charge in [-0.25, -0.2) is 4.79 Å². The fourth-order valence-electron chi connectivity index (χ4n) is 2.18. The maximum atomic E-state index is 12.1. The lowest BCUT2D eigenvalue weighted by Gasteiger charge is -2.20. The molecule has 2 rings (SSSR count). The van der Waals surface area contributed by atoms with E-state index in [0.29, 0.717) is 0 Å². The largest absolute Gasteiger partial charge is 0.449 e. The number of nitrogen functional groups attached to an aromatic ring is 1. The van der Waals surface area contributed by atoms with Crippen molar-refractivity contribution in [2.45, 2.75) is 25.9 Å². The van der Waals surface area contributed by atoms with Crippen LogP contribution in [0.4, 0.5) is 5.69 Å². The van der Waals surface area contributed by atoms with Crippen LogP contribution >= 0.6 is 11.6 Å². The zero-order chi connectivity index (χ0) is 14.7. The van der Waals surface area contributed by atoms with E-state index in [9.17, 15) is 9.59 Å². The molecule has 1 atom stereocenters. The third kappa shape index (κ3) is 3.04. The Morgan fingerprint density at radius 1 is 1.35 bits per heavy atom. The van der Waals surface area contributed by atoms with Crippen molar-refractivity contribution in [2.75, 3.05) is 18.8 Å². The Kier molecular flexibility index (Phi) is 4.49. The number of amides is 1. The van der Waals surface area contributed by atoms with Gasteiger partial charge in [0.15, 0.2) is 6.10 Å². The van der Waals surface area contributed by atoms with Gasteiger partial charge >= 0.3 is 5.97 Å². The van der Waals surface area contributed by atoms with Crippen molar-refractivity contribution in [3.8, 4) is 0 Å². The summed E-state index contributed by atoms with van der Waals surface area (Å²) in [6.45, 7) is 3.01. The van der Waals surface area contributed by atoms with Gasteiger partial charge in [-0.3, -0.25) is 4.79 Å². The molecule has 1 unspecified atom stereocenters. The van der Waals surface area contributed by atoms with E-state index in [0.717, 1.165) is 25.9 Å². The van der Waals surface area contributed by atoms with Crippen LogP contribution in [0.25, 0.3) is 0 Å². The van der Waals surface area contributed by atoms with Gasteiger partial charge in [0.1, 0.15) is 0 Å². The number of carbonyl (C=O) groups excluding carboxylic acids is 2. The predicted octanol–water partition coefficient (Wildman–Crippen LogP) is 2.09. The highest BCUT2D eigenvalue weighted by Gasteiger charge is 2.26. The first-order valence-electron chi connectivity index (χ1n) is 6.54. The van der Waals surface area contributed by atoms with Crippen molar-refractivity contribution in [2.24, 2.45) is 0 Å². The minimum Gasteiger partial charge on any atom is -0.449 e. The number of esters is 1. The number of likely N-dealkylation sites (tertiary alicyclic amines) is 1. The summed E-state index contributed by atoms with van der Waals surface area (Å²) in [5.41, 5.74) is 6.08. The third-order valence-corrected chi connectivity index (χ3v) is 3.65. The van der Waals surface area contributed by atoms with Crippen LogP contribution in [0.3, 0.4) is 0 Å². The molecule has 1 aliphatic rings. The summed E-state index contributed by atoms with van der Waals surface area (Å²) in [5, 5.41) is 0.290. The fraction of sp³-hybridized carbons (Fsp3) is 0.429. The van der Waals surface area contributed by atoms with Crippen molar-refractivity contribution in [1.29, 1.82) is 0 Å². The minimum atomic E-state index is -0.820. The Labute approximate surface area is 122 Å². The maximum absolute atomic E-state index is 12.1. The molecule has 20 heavy (non-hydrogen) atoms. The van der Waals surface area contributed by atoms with Gasteiger partial charge in [-0.15, -0.1) is 0 Å². The molecular weight excluding hydrogens is 280 g/mol. The molecule has 0 saturated carbocycles. The topological polar surface area (TPSA) is 72.6 Å². The van der Waals surface area contributed by atoms with Gasteiger partial charge in [0.05, 0.1) is 16.3 Å². The summed E-state index contributed by atoms with van der Waals surface area (Å²) in [6, 6.07) is 4.73. The van der Waals surface area contributed by atoms with Crippen LogP contribution in [0.5, 0.6) is 0 Å². The molecule has 1 fully saturated rings. The average Bonchev–Trinajstić information content (AvgIpc) is 2.94. The van der Waals surface area contributed by atoms with Crippen LogP contribution in [0.1, 0.15) is 30.1 Å². The molecule has 1 saturated heterocycles. The molecule has 0 aromatic heterocycles. The van der Waals surface area contributed by atoms with Crippen molar-refractivity contribution in [3.63, 3.8) is 0 Å². The van der Waals surface area contributed by atoms with E-state index in [4.69, 9.17) is 22.1 Å². The third-order valence-electron chi connectivity index (χ3n) is 3.32. The van der Waals surface area contributed by atoms with Crippen molar-refractivity contribution in [1.82, 2.24) is 4.90 Å². The van der Waals surface area contributed by atoms with E-state index >= 15 is 0 Å². The lowest BCUT2D eigenvalue weighted by atomic mass is 10.2. The highest BCUT2D eigenvalue weighted by molar-refractivity contribution is 6.33. The number of nitrogens with two attached hydrogens (primary N) is 1. The summed E-state index contributed by atoms with van der Waals surface area (Å²) in [6.07, 6.45) is 1.17. The molecule has 1 aromatic carbocycles. The van der Waals surface area contributed by atoms with Gasteiger partial charge < -0.3 is 15.4 Å². The lowest BCUT2D eigenvalue weighted by molar-refractivity contribution is -0.138. The Morgan fingerprint density at radius 3 is 2.65 bits per heavy atom. The number of hydrogen-bond acceptors (Lipinski definition) is 4. The highest BCUT2D eigenvalue weighted by atomic mass is 35.5. The molecular formula is C14H17ClN2O3. The first-order chi connectivity index (χ1) is 9.50. The second-order valence-electron chi connectivity index (χ2n) is 4.78. The van der Waals surface area contributed by atoms with Crippen molar-refractivity contribution < 1.29 is 14.3 Å². The van der Waals surface area contributed by atoms with Crippen LogP contribution < -0.4 is 5.73 Å². The van der Waals surface area contributed by atoms with Crippen molar-refractivity contribution in [3.05, 3.63) is 28.8 Å². The van der Waals surface area contributed by atoms with Crippen LogP contribution in [-0.2, 0) is 9.53 Å². The molecule has 1 amide bonds. The molecule has 108 valence electrons. The fourth-order valence-corrected chi connectivity index (χ4v) is 2.36. The van der Waals surface area contributed by atoms with Crippen LogP contribution in [0.2, 0.25) is 5.02 Å². The summed E-state index contributed by atoms with van der Waals surface area (Å²) >= 11 is 5.85. The quantitative estimate of drug-likeness (QED) is 0.685. The molecule has 2 N–H and O–H groups in total. The number of anilines is 1. The number of para-hydroxylation sites is 1. The van der Waals surface area contributed by atoms with E-state index in [1.165, 1.54) is 6.07 Å². The monoisotopic (exact) mass is 296 g/mol. The van der Waals surface area contributed by atoms with Gasteiger partial charge in [0.25, 0.3) is 5.91 Å². The van der Waals surface area contributed by atoms with E-state index in [1.807, 2.05) is 0 Å². The van der Waals surface area contributed by atoms with E-state index in [2.05, 4.69) is 0 Å². The number of benzene rings is 1. The standard InChI is InChI=1S/C14H17ClN2O3/c1-9(13(18)17-7-2-3-8-17)20-14(19)10-5-4-6-11(15)12(10)16/h4-6,9H,2-3,7-8,16H2,1H3. The number of hydrogen-bond donors (Lipinski definition) is 1. The Hall–Kier alpha value is -1.75. The Balaban J connectivity index is 2.03. The SMILES string of the molecule is CC(OC(=O)c1cccc(Cl)c1N)C(=O)N1CCCC1. The lowest BCUT2D eigenvalue weighted by Crippen LogP contribution is -2.38. The van der Waals surface area contributed by atoms with Crippen LogP contribution in [0.15, 0.2) is 18.2 Å². The van der Waals surface area contributed by atoms with E-state index in [1.54, 1.807) is 24.0 Å². The molecule has 0 bridgehead atoms. The number of ether oxygens (including phenoxy) is 1. The summed E-state index contributed by atoms with van der Waals surface area (Å²) < 4.78 is 5.18. The van der Waals surface area contributed by atoms with Gasteiger partial charge in [-0.1, -0.05) is 17.7 Å². The molecule has 1 aromatic rings. The molecule has 6 heteroatoms. The smallest absolute Gasteiger partial charge is 0.341 e. The molecule has 0 spiro atoms. The van der Waals surface area contributed by atoms with Gasteiger partial charge in [0.2, 0.25) is 0 Å². The maximum Gasteiger partial charge on any atom is 0.341 e. The van der Waals surface area contributed by atoms with Crippen LogP contribution in [0, 0.1) is 0 Å². The zero-order valence-corrected chi connectivity index (χ0v) is 12.0. The van der Waals surface area contributed by atoms with E-state index < -0.39 is 12.1 Å². The zero-order valence-electron chi connectivity index (χ0n) is 11.3. The summed E-state index contributed by atoms with van der Waals surface area (Å²) in [7, 11) is 0. The Bertz CT molecular complexity index is 527. The summed E-state index contributed by atoms with van der Waals surface area (Å²) in [4.78, 5) is 25.8. The molecule has 0 radical (unpaired) electrons. The number of carbonyl (C=O) groups is 2. The molecule has 0 aliphatic carbocycles. The first kappa shape index (κ1) is 14.7. The number of halogens is 1. The molecule has 5 nitrogen and oxygen atoms in total. The van der Waals surface area contributed by atoms with Gasteiger partial charge in [-0.2, -0.15) is 0 Å². The van der Waals surface area contributed by atoms with E-state index in [-0.39, 0.29) is 22.2 Å². The molecule has 1 heterocycles. The first-order valence-corrected chi connectivity index (χ1v) is 6.92. The van der Waals surface area contributed by atoms with Crippen LogP contribution in [-0.4, -0.2) is 36.0 Å². The van der Waals surface area contributed by atoms with Gasteiger partial charge in [0, 0.05) is 13.1 Å². The molecule has 1 aliphatic heterocycles. The predicted molar refractivity (Wildman–Crippen MR) is 76.6 cm³/mol. The van der Waals surface area contributed by atoms with Gasteiger partial charge in [-0.05, 0) is 31.9 Å². The number of rotatable bonds is 3. The van der Waals surface area contributed by atoms with Crippen molar-refractivity contribution >= 4 is 29.2 Å². The average molecular weight is 297 g/mol. The number of nitrogens with zero attached hydrogens (tertiary/aromatic N) is 1.